The van der Waals surface area contributed by atoms with E-state index < -0.39 is 0 Å². The quantitative estimate of drug-likeness (QED) is 0.775. The Hall–Kier alpha value is -1.64. The lowest BCUT2D eigenvalue weighted by Crippen LogP contribution is -2.31. The van der Waals surface area contributed by atoms with Gasteiger partial charge in [0.15, 0.2) is 0 Å². The Morgan fingerprint density at radius 1 is 1.22 bits per heavy atom. The number of rotatable bonds is 2. The molecule has 2 aliphatic rings. The van der Waals surface area contributed by atoms with Crippen molar-refractivity contribution in [3.05, 3.63) is 47.2 Å². The maximum absolute atomic E-state index is 7.48. The van der Waals surface area contributed by atoms with Crippen molar-refractivity contribution in [2.45, 2.75) is 38.3 Å². The minimum atomic E-state index is -0.0875. The number of hydrogen-bond acceptors (Lipinski definition) is 3. The third kappa shape index (κ3) is 1.74. The van der Waals surface area contributed by atoms with Crippen LogP contribution in [-0.4, -0.2) is 6.04 Å². The van der Waals surface area contributed by atoms with Gasteiger partial charge in [-0.2, -0.15) is 5.11 Å². The van der Waals surface area contributed by atoms with Crippen LogP contribution in [0.1, 0.15) is 37.9 Å². The summed E-state index contributed by atoms with van der Waals surface area (Å²) >= 11 is 0. The first-order valence-corrected chi connectivity index (χ1v) is 6.61. The lowest BCUT2D eigenvalue weighted by Gasteiger charge is -2.35. The van der Waals surface area contributed by atoms with Crippen LogP contribution in [0.25, 0.3) is 0 Å². The Bertz CT molecular complexity index is 481. The van der Waals surface area contributed by atoms with E-state index in [4.69, 9.17) is 10.3 Å². The van der Waals surface area contributed by atoms with E-state index in [1.165, 1.54) is 12.0 Å². The Labute approximate surface area is 107 Å². The van der Waals surface area contributed by atoms with Crippen molar-refractivity contribution in [2.75, 3.05) is 0 Å². The van der Waals surface area contributed by atoms with Crippen molar-refractivity contribution in [3.63, 3.8) is 0 Å². The highest BCUT2D eigenvalue weighted by Gasteiger charge is 2.39. The number of ether oxygens (including phenoxy) is 1. The third-order valence-electron chi connectivity index (χ3n) is 4.13. The molecule has 0 saturated carbocycles. The standard InChI is InChI=1S/C15H18N2O/c1-10-12-8-5-9-13(12)18-15(14(10)17-16)11-6-3-2-4-7-11/h2-4,6-7,10,14-16H,5,8-9H2,1H3. The Morgan fingerprint density at radius 2 is 2.00 bits per heavy atom. The van der Waals surface area contributed by atoms with E-state index in [1.807, 2.05) is 18.2 Å². The maximum Gasteiger partial charge on any atom is 0.148 e. The molecule has 3 rings (SSSR count). The summed E-state index contributed by atoms with van der Waals surface area (Å²) < 4.78 is 6.14. The molecule has 1 aliphatic carbocycles. The van der Waals surface area contributed by atoms with E-state index in [9.17, 15) is 0 Å². The van der Waals surface area contributed by atoms with Gasteiger partial charge in [0.1, 0.15) is 12.1 Å². The summed E-state index contributed by atoms with van der Waals surface area (Å²) in [5.41, 5.74) is 10.0. The number of benzene rings is 1. The Morgan fingerprint density at radius 3 is 2.72 bits per heavy atom. The van der Waals surface area contributed by atoms with Crippen molar-refractivity contribution < 1.29 is 4.74 Å². The minimum absolute atomic E-state index is 0.0794. The predicted molar refractivity (Wildman–Crippen MR) is 69.2 cm³/mol. The molecule has 1 aromatic carbocycles. The average Bonchev–Trinajstić information content (AvgIpc) is 2.88. The molecule has 94 valence electrons. The second-order valence-corrected chi connectivity index (χ2v) is 5.16. The van der Waals surface area contributed by atoms with Gasteiger partial charge in [0, 0.05) is 12.3 Å². The lowest BCUT2D eigenvalue weighted by molar-refractivity contribution is 0.0530. The molecular formula is C15H18N2O. The van der Waals surface area contributed by atoms with E-state index in [0.717, 1.165) is 24.2 Å². The fourth-order valence-electron chi connectivity index (χ4n) is 3.13. The third-order valence-corrected chi connectivity index (χ3v) is 4.13. The molecule has 0 amide bonds. The molecule has 1 aromatic rings. The second kappa shape index (κ2) is 4.56. The molecule has 3 atom stereocenters. The average molecular weight is 242 g/mol. The highest BCUT2D eigenvalue weighted by Crippen LogP contribution is 2.45. The molecule has 0 spiro atoms. The molecule has 3 nitrogen and oxygen atoms in total. The fourth-order valence-corrected chi connectivity index (χ4v) is 3.13. The van der Waals surface area contributed by atoms with Crippen LogP contribution in [0.4, 0.5) is 0 Å². The molecule has 3 unspecified atom stereocenters. The van der Waals surface area contributed by atoms with Gasteiger partial charge in [0.25, 0.3) is 0 Å². The van der Waals surface area contributed by atoms with Crippen LogP contribution >= 0.6 is 0 Å². The topological polar surface area (TPSA) is 45.4 Å². The maximum atomic E-state index is 7.48. The normalized spacial score (nSPS) is 30.8. The smallest absolute Gasteiger partial charge is 0.148 e. The fraction of sp³-hybridized carbons (Fsp3) is 0.467. The molecule has 0 radical (unpaired) electrons. The van der Waals surface area contributed by atoms with Crippen LogP contribution in [0.15, 0.2) is 46.8 Å². The van der Waals surface area contributed by atoms with Crippen molar-refractivity contribution >= 4 is 0 Å². The summed E-state index contributed by atoms with van der Waals surface area (Å²) in [6, 6.07) is 10.1. The summed E-state index contributed by atoms with van der Waals surface area (Å²) in [6.07, 6.45) is 3.26. The zero-order chi connectivity index (χ0) is 12.5. The van der Waals surface area contributed by atoms with Gasteiger partial charge in [0.05, 0.1) is 5.76 Å². The SMILES string of the molecule is CC1C2=C(CCC2)OC(c2ccccc2)C1N=N. The van der Waals surface area contributed by atoms with Gasteiger partial charge in [-0.3, -0.25) is 0 Å². The van der Waals surface area contributed by atoms with Crippen molar-refractivity contribution in [1.29, 1.82) is 5.53 Å². The van der Waals surface area contributed by atoms with Gasteiger partial charge >= 0.3 is 0 Å². The van der Waals surface area contributed by atoms with Gasteiger partial charge in [-0.15, -0.1) is 0 Å². The van der Waals surface area contributed by atoms with Gasteiger partial charge in [0.2, 0.25) is 0 Å². The summed E-state index contributed by atoms with van der Waals surface area (Å²) in [5.74, 6) is 1.50. The molecule has 0 fully saturated rings. The largest absolute Gasteiger partial charge is 0.488 e. The second-order valence-electron chi connectivity index (χ2n) is 5.16. The van der Waals surface area contributed by atoms with Crippen LogP contribution in [-0.2, 0) is 4.74 Å². The molecular weight excluding hydrogens is 224 g/mol. The van der Waals surface area contributed by atoms with Crippen molar-refractivity contribution in [2.24, 2.45) is 11.0 Å². The molecule has 0 saturated heterocycles. The first-order chi connectivity index (χ1) is 8.81. The van der Waals surface area contributed by atoms with Gasteiger partial charge in [-0.25, -0.2) is 5.53 Å². The summed E-state index contributed by atoms with van der Waals surface area (Å²) in [5, 5.41) is 3.84. The molecule has 1 heterocycles. The van der Waals surface area contributed by atoms with Crippen LogP contribution in [0.3, 0.4) is 0 Å². The van der Waals surface area contributed by atoms with Crippen molar-refractivity contribution in [1.82, 2.24) is 0 Å². The predicted octanol–water partition coefficient (Wildman–Crippen LogP) is 4.23. The van der Waals surface area contributed by atoms with Gasteiger partial charge in [-0.05, 0) is 24.0 Å². The van der Waals surface area contributed by atoms with Gasteiger partial charge < -0.3 is 4.74 Å². The van der Waals surface area contributed by atoms with Crippen LogP contribution in [0.2, 0.25) is 0 Å². The first-order valence-electron chi connectivity index (χ1n) is 6.61. The summed E-state index contributed by atoms with van der Waals surface area (Å²) in [7, 11) is 0. The van der Waals surface area contributed by atoms with Gasteiger partial charge in [-0.1, -0.05) is 37.3 Å². The Balaban J connectivity index is 1.98. The first kappa shape index (κ1) is 11.5. The monoisotopic (exact) mass is 242 g/mol. The molecule has 1 N–H and O–H groups in total. The number of nitrogens with one attached hydrogen (secondary N) is 1. The highest BCUT2D eigenvalue weighted by atomic mass is 16.5. The molecule has 0 bridgehead atoms. The minimum Gasteiger partial charge on any atom is -0.488 e. The van der Waals surface area contributed by atoms with E-state index in [0.29, 0.717) is 5.92 Å². The Kier molecular flexibility index (Phi) is 2.90. The van der Waals surface area contributed by atoms with E-state index in [2.05, 4.69) is 24.2 Å². The number of nitrogens with zero attached hydrogens (tertiary/aromatic N) is 1. The number of hydrogen-bond donors (Lipinski definition) is 1. The van der Waals surface area contributed by atoms with Crippen LogP contribution in [0.5, 0.6) is 0 Å². The van der Waals surface area contributed by atoms with E-state index in [1.54, 1.807) is 0 Å². The zero-order valence-electron chi connectivity index (χ0n) is 10.6. The van der Waals surface area contributed by atoms with Crippen LogP contribution in [0, 0.1) is 11.4 Å². The summed E-state index contributed by atoms with van der Waals surface area (Å²) in [4.78, 5) is 0. The lowest BCUT2D eigenvalue weighted by atomic mass is 9.84. The molecule has 1 aliphatic heterocycles. The van der Waals surface area contributed by atoms with Crippen LogP contribution < -0.4 is 0 Å². The molecule has 18 heavy (non-hydrogen) atoms. The van der Waals surface area contributed by atoms with Crippen molar-refractivity contribution in [3.8, 4) is 0 Å². The van der Waals surface area contributed by atoms with E-state index >= 15 is 0 Å². The number of allylic oxidation sites excluding steroid dienone is 1. The summed E-state index contributed by atoms with van der Waals surface area (Å²) in [6.45, 7) is 2.18. The molecule has 3 heteroatoms. The van der Waals surface area contributed by atoms with E-state index in [-0.39, 0.29) is 12.1 Å². The molecule has 0 aromatic heterocycles. The zero-order valence-corrected chi connectivity index (χ0v) is 10.6. The highest BCUT2D eigenvalue weighted by molar-refractivity contribution is 5.28.